The molecular formula is C59H69Br2F2N7O10. The van der Waals surface area contributed by atoms with Crippen LogP contribution in [0.4, 0.5) is 45.9 Å². The first kappa shape index (κ1) is 59.3. The van der Waals surface area contributed by atoms with Gasteiger partial charge in [0, 0.05) is 83.5 Å². The van der Waals surface area contributed by atoms with E-state index in [1.807, 2.05) is 65.6 Å². The van der Waals surface area contributed by atoms with Gasteiger partial charge >= 0.3 is 18.3 Å². The van der Waals surface area contributed by atoms with Crippen LogP contribution in [0.2, 0.25) is 0 Å². The summed E-state index contributed by atoms with van der Waals surface area (Å²) in [5.74, 6) is 1.90. The number of nitrogens with two attached hydrogens (primary N) is 1. The van der Waals surface area contributed by atoms with E-state index in [1.165, 1.54) is 12.1 Å². The molecule has 2 fully saturated rings. The first-order valence-electron chi connectivity index (χ1n) is 27.0. The van der Waals surface area contributed by atoms with Crippen LogP contribution < -0.4 is 40.6 Å². The Labute approximate surface area is 481 Å². The zero-order valence-electron chi connectivity index (χ0n) is 45.0. The Balaban J connectivity index is 0.766. The number of unbranched alkanes of at least 4 members (excludes halogenated alkanes) is 1. The fourth-order valence-electron chi connectivity index (χ4n) is 9.60. The minimum absolute atomic E-state index is 0.0737. The second-order valence-electron chi connectivity index (χ2n) is 19.7. The van der Waals surface area contributed by atoms with Crippen molar-refractivity contribution in [1.29, 1.82) is 0 Å². The molecule has 0 radical (unpaired) electrons. The molecule has 6 aromatic rings. The fraction of sp³-hybridized carbons (Fsp3) is 0.407. The van der Waals surface area contributed by atoms with E-state index < -0.39 is 18.3 Å². The van der Waals surface area contributed by atoms with Gasteiger partial charge in [0.15, 0.2) is 23.0 Å². The minimum atomic E-state index is -0.535. The van der Waals surface area contributed by atoms with Gasteiger partial charge in [0.05, 0.1) is 38.8 Å². The molecule has 6 aromatic carbocycles. The third-order valence-electron chi connectivity index (χ3n) is 14.2. The summed E-state index contributed by atoms with van der Waals surface area (Å²) in [7, 11) is 3.17. The molecule has 0 bridgehead atoms. The highest BCUT2D eigenvalue weighted by atomic mass is 79.9. The number of benzene rings is 6. The number of halogens is 4. The van der Waals surface area contributed by atoms with Gasteiger partial charge < -0.3 is 64.6 Å². The molecule has 0 saturated carbocycles. The number of alkyl carbamates (subject to hydrolysis) is 1. The average Bonchev–Trinajstić information content (AvgIpc) is 3.49. The quantitative estimate of drug-likeness (QED) is 0.0313. The summed E-state index contributed by atoms with van der Waals surface area (Å²) in [6.45, 7) is 5.02. The van der Waals surface area contributed by atoms with E-state index in [0.29, 0.717) is 141 Å². The molecule has 0 unspecified atom stereocenters. The number of ether oxygens (including phenoxy) is 7. The molecule has 17 nitrogen and oxygen atoms in total. The van der Waals surface area contributed by atoms with Crippen LogP contribution in [-0.2, 0) is 14.2 Å². The number of hydrogen-bond acceptors (Lipinski definition) is 14. The van der Waals surface area contributed by atoms with Crippen molar-refractivity contribution < 1.29 is 56.3 Å². The Morgan fingerprint density at radius 2 is 1.04 bits per heavy atom. The second-order valence-corrected chi connectivity index (χ2v) is 21.5. The van der Waals surface area contributed by atoms with Gasteiger partial charge in [-0.3, -0.25) is 4.90 Å². The molecule has 0 spiro atoms. The van der Waals surface area contributed by atoms with Crippen LogP contribution in [-0.4, -0.2) is 139 Å². The molecule has 3 amide bonds. The predicted octanol–water partition coefficient (Wildman–Crippen LogP) is 12.2. The zero-order chi connectivity index (χ0) is 56.4. The number of piperidine rings is 2. The second kappa shape index (κ2) is 29.6. The lowest BCUT2D eigenvalue weighted by atomic mass is 9.98. The maximum Gasteiger partial charge on any atom is 0.409 e. The molecule has 8 rings (SSSR count). The predicted molar refractivity (Wildman–Crippen MR) is 312 cm³/mol. The summed E-state index contributed by atoms with van der Waals surface area (Å²) in [5.41, 5.74) is 7.72. The number of hydrogen-bond donors (Lipinski definition) is 4. The van der Waals surface area contributed by atoms with Crippen LogP contribution in [0.25, 0.3) is 21.5 Å². The monoisotopic (exact) mass is 1230 g/mol. The summed E-state index contributed by atoms with van der Waals surface area (Å²) in [6.07, 6.45) is 3.01. The van der Waals surface area contributed by atoms with Crippen LogP contribution in [0.5, 0.6) is 23.0 Å². The Morgan fingerprint density at radius 3 is 1.46 bits per heavy atom. The summed E-state index contributed by atoms with van der Waals surface area (Å²) in [4.78, 5) is 44.2. The zero-order valence-corrected chi connectivity index (χ0v) is 48.2. The van der Waals surface area contributed by atoms with Crippen LogP contribution in [0, 0.1) is 23.5 Å². The third-order valence-corrected chi connectivity index (χ3v) is 15.2. The standard InChI is InChI=1S/C59H69Br2F2N7O10/c1-74-53-35-45-41(7-5-9-49(45)66-51-13-11-43(60)33-47(51)62)31-55(53)79-37-39-15-21-69(22-16-39)58(72)77-29-26-68(25-28-76-57(71)65-20-4-3-19-64)27-30-78-59(73)70-23-17-40(18-24-70)38-80-56-32-42-8-6-10-50(46(42)36-54(56)75-2)67-52-14-12-44(61)34-48(52)63/h5-14,31-36,39-40,66-67H,3-4,15-30,37-38,64H2,1-2H3,(H,65,71). The highest BCUT2D eigenvalue weighted by Gasteiger charge is 2.27. The van der Waals surface area contributed by atoms with Gasteiger partial charge in [-0.25, -0.2) is 23.2 Å². The number of carbonyl (C=O) groups is 3. The average molecular weight is 1230 g/mol. The highest BCUT2D eigenvalue weighted by Crippen LogP contribution is 2.40. The highest BCUT2D eigenvalue weighted by molar-refractivity contribution is 9.10. The van der Waals surface area contributed by atoms with Crippen LogP contribution >= 0.6 is 31.9 Å². The summed E-state index contributed by atoms with van der Waals surface area (Å²) >= 11 is 6.62. The van der Waals surface area contributed by atoms with E-state index in [2.05, 4.69) is 47.8 Å². The number of likely N-dealkylation sites (tertiary alicyclic amines) is 2. The Morgan fingerprint density at radius 1 is 0.588 bits per heavy atom. The topological polar surface area (TPSA) is 188 Å². The molecule has 428 valence electrons. The molecule has 21 heteroatoms. The van der Waals surface area contributed by atoms with Crippen molar-refractivity contribution in [1.82, 2.24) is 20.0 Å². The van der Waals surface area contributed by atoms with Gasteiger partial charge in [0.2, 0.25) is 0 Å². The Bertz CT molecular complexity index is 2870. The number of amides is 3. The number of anilines is 4. The molecule has 5 N–H and O–H groups in total. The molecule has 0 atom stereocenters. The van der Waals surface area contributed by atoms with Gasteiger partial charge in [-0.1, -0.05) is 56.1 Å². The van der Waals surface area contributed by atoms with Crippen molar-refractivity contribution in [3.8, 4) is 23.0 Å². The van der Waals surface area contributed by atoms with Crippen LogP contribution in [0.1, 0.15) is 38.5 Å². The molecule has 0 aromatic heterocycles. The lowest BCUT2D eigenvalue weighted by molar-refractivity contribution is 0.0560. The fourth-order valence-corrected chi connectivity index (χ4v) is 10.3. The van der Waals surface area contributed by atoms with Crippen LogP contribution in [0.3, 0.4) is 0 Å². The van der Waals surface area contributed by atoms with Gasteiger partial charge in [-0.2, -0.15) is 0 Å². The lowest BCUT2D eigenvalue weighted by Crippen LogP contribution is -2.42. The number of nitrogens with zero attached hydrogens (tertiary/aromatic N) is 3. The maximum atomic E-state index is 14.7. The Hall–Kier alpha value is -6.81. The summed E-state index contributed by atoms with van der Waals surface area (Å²) in [6, 6.07) is 28.8. The summed E-state index contributed by atoms with van der Waals surface area (Å²) in [5, 5.41) is 12.6. The van der Waals surface area contributed by atoms with E-state index >= 15 is 0 Å². The normalized spacial score (nSPS) is 14.0. The number of nitrogens with one attached hydrogen (secondary N) is 3. The number of fused-ring (bicyclic) bond motifs is 2. The molecule has 2 heterocycles. The van der Waals surface area contributed by atoms with Gasteiger partial charge in [0.25, 0.3) is 0 Å². The van der Waals surface area contributed by atoms with E-state index in [-0.39, 0.29) is 43.3 Å². The smallest absolute Gasteiger partial charge is 0.409 e. The first-order chi connectivity index (χ1) is 38.9. The van der Waals surface area contributed by atoms with E-state index in [9.17, 15) is 23.2 Å². The Kier molecular flexibility index (Phi) is 21.9. The number of carbonyl (C=O) groups excluding carboxylic acids is 3. The molecule has 0 aliphatic carbocycles. The van der Waals surface area contributed by atoms with Crippen LogP contribution in [0.15, 0.2) is 106 Å². The van der Waals surface area contributed by atoms with Crippen molar-refractivity contribution in [2.24, 2.45) is 17.6 Å². The molecule has 2 aliphatic heterocycles. The molecule has 2 aliphatic rings. The SMILES string of the molecule is COc1cc2c(Nc3ccc(Br)cc3F)cccc2cc1OCC1CCN(C(=O)OCCN(CCOC(=O)NCCCCN)CCOC(=O)N2CCC(COc3cc4cccc(Nc5ccc(Br)cc5F)c4cc3OC)CC2)CC1. The van der Waals surface area contributed by atoms with Gasteiger partial charge in [0.1, 0.15) is 31.5 Å². The minimum Gasteiger partial charge on any atom is -0.493 e. The lowest BCUT2D eigenvalue weighted by Gasteiger charge is -2.32. The number of rotatable bonds is 25. The van der Waals surface area contributed by atoms with Crippen molar-refractivity contribution in [3.63, 3.8) is 0 Å². The van der Waals surface area contributed by atoms with E-state index in [0.717, 1.165) is 45.8 Å². The third kappa shape index (κ3) is 16.6. The molecule has 80 heavy (non-hydrogen) atoms. The molecule has 2 saturated heterocycles. The first-order valence-corrected chi connectivity index (χ1v) is 28.5. The maximum absolute atomic E-state index is 14.7. The van der Waals surface area contributed by atoms with Crippen molar-refractivity contribution >= 4 is 94.4 Å². The van der Waals surface area contributed by atoms with Crippen molar-refractivity contribution in [2.45, 2.75) is 38.5 Å². The van der Waals surface area contributed by atoms with Crippen molar-refractivity contribution in [2.75, 3.05) is 117 Å². The summed E-state index contributed by atoms with van der Waals surface area (Å²) < 4.78 is 71.7. The van der Waals surface area contributed by atoms with Gasteiger partial charge in [-0.05, 0) is 140 Å². The van der Waals surface area contributed by atoms with Crippen molar-refractivity contribution in [3.05, 3.63) is 118 Å². The van der Waals surface area contributed by atoms with Gasteiger partial charge in [-0.15, -0.1) is 0 Å². The van der Waals surface area contributed by atoms with E-state index in [4.69, 9.17) is 38.9 Å². The number of methoxy groups -OCH3 is 2. The van der Waals surface area contributed by atoms with E-state index in [1.54, 1.807) is 48.3 Å². The largest absolute Gasteiger partial charge is 0.493 e. The molecular weight excluding hydrogens is 1160 g/mol.